The molecule has 0 spiro atoms. The van der Waals surface area contributed by atoms with Crippen molar-refractivity contribution in [2.75, 3.05) is 27.8 Å². The second-order valence-corrected chi connectivity index (χ2v) is 9.08. The highest BCUT2D eigenvalue weighted by Crippen LogP contribution is 2.58. The van der Waals surface area contributed by atoms with E-state index in [-0.39, 0.29) is 11.3 Å². The van der Waals surface area contributed by atoms with Crippen LogP contribution in [0.25, 0.3) is 0 Å². The molecule has 4 atom stereocenters. The molecule has 1 N–H and O–H groups in total. The van der Waals surface area contributed by atoms with Crippen LogP contribution < -0.4 is 9.47 Å². The molecular formula is C26H31NO4. The molecule has 2 bridgehead atoms. The monoisotopic (exact) mass is 421 g/mol. The smallest absolute Gasteiger partial charge is 0.165 e. The number of rotatable bonds is 5. The fraction of sp³-hybridized carbons (Fsp3) is 0.462. The molecule has 1 saturated heterocycles. The summed E-state index contributed by atoms with van der Waals surface area (Å²) in [6.07, 6.45) is 4.14. The lowest BCUT2D eigenvalue weighted by Gasteiger charge is -2.57. The van der Waals surface area contributed by atoms with Crippen molar-refractivity contribution in [1.29, 1.82) is 0 Å². The van der Waals surface area contributed by atoms with Gasteiger partial charge in [-0.15, -0.1) is 0 Å². The van der Waals surface area contributed by atoms with Crippen molar-refractivity contribution in [2.45, 2.75) is 43.4 Å². The minimum atomic E-state index is -0.607. The predicted octanol–water partition coefficient (Wildman–Crippen LogP) is 3.68. The molecule has 1 aliphatic heterocycles. The molecule has 2 aliphatic carbocycles. The third kappa shape index (κ3) is 3.22. The lowest BCUT2D eigenvalue weighted by Crippen LogP contribution is -2.60. The second kappa shape index (κ2) is 7.88. The van der Waals surface area contributed by atoms with Crippen LogP contribution in [0.5, 0.6) is 11.5 Å². The van der Waals surface area contributed by atoms with E-state index in [1.54, 1.807) is 14.2 Å². The van der Waals surface area contributed by atoms with Gasteiger partial charge in [-0.2, -0.15) is 0 Å². The third-order valence-corrected chi connectivity index (χ3v) is 7.58. The highest BCUT2D eigenvalue weighted by atomic mass is 16.5. The van der Waals surface area contributed by atoms with Crippen LogP contribution in [0.3, 0.4) is 0 Å². The van der Waals surface area contributed by atoms with Gasteiger partial charge in [-0.1, -0.05) is 36.4 Å². The average molecular weight is 422 g/mol. The molecule has 1 fully saturated rings. The van der Waals surface area contributed by atoms with Crippen molar-refractivity contribution in [1.82, 2.24) is 4.90 Å². The van der Waals surface area contributed by atoms with Gasteiger partial charge in [0, 0.05) is 22.9 Å². The molecule has 5 heteroatoms. The van der Waals surface area contributed by atoms with E-state index in [1.165, 1.54) is 11.1 Å². The largest absolute Gasteiger partial charge is 0.499 e. The first kappa shape index (κ1) is 20.4. The Balaban J connectivity index is 1.65. The molecule has 164 valence electrons. The Morgan fingerprint density at radius 2 is 1.90 bits per heavy atom. The Kier molecular flexibility index (Phi) is 5.19. The van der Waals surface area contributed by atoms with Crippen LogP contribution in [0.2, 0.25) is 0 Å². The van der Waals surface area contributed by atoms with E-state index in [1.807, 2.05) is 24.3 Å². The molecule has 1 heterocycles. The van der Waals surface area contributed by atoms with Gasteiger partial charge in [-0.3, -0.25) is 0 Å². The first-order valence-corrected chi connectivity index (χ1v) is 11.1. The lowest BCUT2D eigenvalue weighted by atomic mass is 9.53. The van der Waals surface area contributed by atoms with Gasteiger partial charge in [0.15, 0.2) is 11.5 Å². The van der Waals surface area contributed by atoms with Gasteiger partial charge in [-0.25, -0.2) is 0 Å². The molecule has 0 radical (unpaired) electrons. The Labute approximate surface area is 184 Å². The average Bonchev–Trinajstić information content (AvgIpc) is 2.79. The van der Waals surface area contributed by atoms with Crippen molar-refractivity contribution >= 4 is 0 Å². The van der Waals surface area contributed by atoms with Gasteiger partial charge in [-0.05, 0) is 56.1 Å². The van der Waals surface area contributed by atoms with Gasteiger partial charge in [0.1, 0.15) is 18.5 Å². The fourth-order valence-electron chi connectivity index (χ4n) is 6.05. The summed E-state index contributed by atoms with van der Waals surface area (Å²) in [5.74, 6) is 2.55. The standard InChI is InChI=1S/C26H31NO4/c1-27-12-11-26-15-21(28)23(30-3)14-19(26)20(27)13-18-9-10-22(29-2)25(24(18)26)31-16-17-7-5-4-6-8-17/h4-10,14,19-21,28H,11-13,15-16H2,1-3H3/t19-,20+,21+,26-/m1/s1. The zero-order valence-electron chi connectivity index (χ0n) is 18.5. The molecule has 31 heavy (non-hydrogen) atoms. The van der Waals surface area contributed by atoms with Crippen LogP contribution in [-0.4, -0.2) is 50.0 Å². The summed E-state index contributed by atoms with van der Waals surface area (Å²) in [6.45, 7) is 1.48. The Morgan fingerprint density at radius 3 is 2.65 bits per heavy atom. The zero-order valence-corrected chi connectivity index (χ0v) is 18.5. The number of benzene rings is 2. The molecule has 0 amide bonds. The first-order chi connectivity index (χ1) is 15.1. The molecule has 5 nitrogen and oxygen atoms in total. The normalized spacial score (nSPS) is 29.4. The fourth-order valence-corrected chi connectivity index (χ4v) is 6.05. The van der Waals surface area contributed by atoms with Crippen molar-refractivity contribution in [3.63, 3.8) is 0 Å². The molecule has 0 unspecified atom stereocenters. The number of hydrogen-bond acceptors (Lipinski definition) is 5. The van der Waals surface area contributed by atoms with Gasteiger partial charge in [0.25, 0.3) is 0 Å². The molecular weight excluding hydrogens is 390 g/mol. The van der Waals surface area contributed by atoms with Gasteiger partial charge in [0.05, 0.1) is 14.2 Å². The van der Waals surface area contributed by atoms with Gasteiger partial charge in [0.2, 0.25) is 0 Å². The number of likely N-dealkylation sites (N-methyl/N-ethyl adjacent to an activating group) is 1. The Bertz CT molecular complexity index is 988. The highest BCUT2D eigenvalue weighted by molar-refractivity contribution is 5.58. The maximum Gasteiger partial charge on any atom is 0.165 e. The molecule has 3 aliphatic rings. The summed E-state index contributed by atoms with van der Waals surface area (Å²) in [7, 11) is 5.56. The van der Waals surface area contributed by atoms with E-state index in [4.69, 9.17) is 14.2 Å². The van der Waals surface area contributed by atoms with E-state index in [9.17, 15) is 5.11 Å². The number of hydrogen-bond donors (Lipinski definition) is 1. The van der Waals surface area contributed by atoms with Gasteiger partial charge >= 0.3 is 0 Å². The molecule has 0 aromatic heterocycles. The number of methoxy groups -OCH3 is 2. The molecule has 0 saturated carbocycles. The van der Waals surface area contributed by atoms with E-state index < -0.39 is 6.10 Å². The number of aliphatic hydroxyl groups is 1. The van der Waals surface area contributed by atoms with Crippen LogP contribution in [0.4, 0.5) is 0 Å². The number of nitrogens with zero attached hydrogens (tertiary/aromatic N) is 1. The summed E-state index contributed by atoms with van der Waals surface area (Å²) in [6, 6.07) is 14.8. The Morgan fingerprint density at radius 1 is 1.10 bits per heavy atom. The van der Waals surface area contributed by atoms with Gasteiger partial charge < -0.3 is 24.2 Å². The van der Waals surface area contributed by atoms with Crippen LogP contribution in [0.15, 0.2) is 54.3 Å². The number of fused-ring (bicyclic) bond motifs is 1. The number of ether oxygens (including phenoxy) is 3. The van der Waals surface area contributed by atoms with E-state index >= 15 is 0 Å². The summed E-state index contributed by atoms with van der Waals surface area (Å²) < 4.78 is 17.8. The number of piperidine rings is 1. The lowest BCUT2D eigenvalue weighted by molar-refractivity contribution is -0.00422. The molecule has 2 aromatic rings. The van der Waals surface area contributed by atoms with Crippen LogP contribution >= 0.6 is 0 Å². The van der Waals surface area contributed by atoms with Crippen molar-refractivity contribution < 1.29 is 19.3 Å². The SMILES string of the molecule is COC1=C[C@@H]2[C@@H]3Cc4ccc(OC)c(OCc5ccccc5)c4[C@]2(CCN3C)C[C@@H]1O. The summed E-state index contributed by atoms with van der Waals surface area (Å²) in [5, 5.41) is 11.0. The minimum Gasteiger partial charge on any atom is -0.499 e. The highest BCUT2D eigenvalue weighted by Gasteiger charge is 2.56. The predicted molar refractivity (Wildman–Crippen MR) is 119 cm³/mol. The van der Waals surface area contributed by atoms with E-state index in [2.05, 4.69) is 36.2 Å². The quantitative estimate of drug-likeness (QED) is 0.798. The summed E-state index contributed by atoms with van der Waals surface area (Å²) >= 11 is 0. The van der Waals surface area contributed by atoms with E-state index in [0.29, 0.717) is 24.8 Å². The Hall–Kier alpha value is -2.50. The van der Waals surface area contributed by atoms with Crippen LogP contribution in [0.1, 0.15) is 29.5 Å². The summed E-state index contributed by atoms with van der Waals surface area (Å²) in [4.78, 5) is 2.46. The third-order valence-electron chi connectivity index (χ3n) is 7.58. The maximum absolute atomic E-state index is 11.0. The van der Waals surface area contributed by atoms with Crippen LogP contribution in [-0.2, 0) is 23.2 Å². The van der Waals surface area contributed by atoms with Crippen LogP contribution in [0, 0.1) is 5.92 Å². The molecule has 2 aromatic carbocycles. The van der Waals surface area contributed by atoms with Crippen molar-refractivity contribution in [3.05, 3.63) is 71.0 Å². The summed E-state index contributed by atoms with van der Waals surface area (Å²) in [5.41, 5.74) is 3.46. The van der Waals surface area contributed by atoms with Crippen molar-refractivity contribution in [3.8, 4) is 11.5 Å². The zero-order chi connectivity index (χ0) is 21.6. The minimum absolute atomic E-state index is 0.188. The van der Waals surface area contributed by atoms with Crippen molar-refractivity contribution in [2.24, 2.45) is 5.92 Å². The maximum atomic E-state index is 11.0. The number of aliphatic hydroxyl groups excluding tert-OH is 1. The molecule has 5 rings (SSSR count). The van der Waals surface area contributed by atoms with E-state index in [0.717, 1.165) is 36.4 Å². The first-order valence-electron chi connectivity index (χ1n) is 11.1. The topological polar surface area (TPSA) is 51.2 Å². The second-order valence-electron chi connectivity index (χ2n) is 9.08. The number of likely N-dealkylation sites (tertiary alicyclic amines) is 1.